The molecule has 1 amide bonds. The Hall–Kier alpha value is -1.55. The Bertz CT molecular complexity index is 538. The van der Waals surface area contributed by atoms with Crippen LogP contribution >= 0.6 is 0 Å². The number of benzene rings is 1. The summed E-state index contributed by atoms with van der Waals surface area (Å²) in [5, 5.41) is 3.53. The van der Waals surface area contributed by atoms with Gasteiger partial charge in [0.25, 0.3) is 0 Å². The van der Waals surface area contributed by atoms with E-state index in [2.05, 4.69) is 38.2 Å². The summed E-state index contributed by atoms with van der Waals surface area (Å²) >= 11 is 0. The number of aryl methyl sites for hydroxylation is 3. The summed E-state index contributed by atoms with van der Waals surface area (Å²) in [6, 6.07) is 4.58. The van der Waals surface area contributed by atoms with Gasteiger partial charge in [-0.1, -0.05) is 17.7 Å². The lowest BCUT2D eigenvalue weighted by molar-refractivity contribution is 0.0194. The monoisotopic (exact) mass is 304 g/mol. The van der Waals surface area contributed by atoms with Gasteiger partial charge in [-0.25, -0.2) is 4.79 Å². The second-order valence-corrected chi connectivity index (χ2v) is 7.25. The van der Waals surface area contributed by atoms with Crippen molar-refractivity contribution in [3.8, 4) is 0 Å². The standard InChI is InChI=1S/C18H28N2O2/c1-12-9-13(2)16(14(3)10-12)15-11-20(8-7-19-15)17(21)22-18(4,5)6/h9-10,15,19H,7-8,11H2,1-6H3/t15-/m1/s1. The van der Waals surface area contributed by atoms with Gasteiger partial charge in [0.1, 0.15) is 5.60 Å². The minimum absolute atomic E-state index is 0.168. The van der Waals surface area contributed by atoms with Gasteiger partial charge in [0.15, 0.2) is 0 Å². The highest BCUT2D eigenvalue weighted by molar-refractivity contribution is 5.68. The van der Waals surface area contributed by atoms with Gasteiger partial charge in [0, 0.05) is 19.6 Å². The number of ether oxygens (including phenoxy) is 1. The highest BCUT2D eigenvalue weighted by Crippen LogP contribution is 2.26. The quantitative estimate of drug-likeness (QED) is 0.863. The van der Waals surface area contributed by atoms with Crippen molar-refractivity contribution in [2.45, 2.75) is 53.2 Å². The van der Waals surface area contributed by atoms with Gasteiger partial charge >= 0.3 is 6.09 Å². The van der Waals surface area contributed by atoms with Crippen LogP contribution in [0.5, 0.6) is 0 Å². The van der Waals surface area contributed by atoms with E-state index < -0.39 is 5.60 Å². The summed E-state index contributed by atoms with van der Waals surface area (Å²) in [7, 11) is 0. The zero-order valence-electron chi connectivity index (χ0n) is 14.6. The normalized spacial score (nSPS) is 19.2. The maximum Gasteiger partial charge on any atom is 0.410 e. The maximum atomic E-state index is 12.3. The molecule has 1 N–H and O–H groups in total. The van der Waals surface area contributed by atoms with E-state index in [1.807, 2.05) is 25.7 Å². The predicted molar refractivity (Wildman–Crippen MR) is 89.2 cm³/mol. The number of nitrogens with zero attached hydrogens (tertiary/aromatic N) is 1. The Kier molecular flexibility index (Phi) is 4.81. The first-order chi connectivity index (χ1) is 10.2. The number of nitrogens with one attached hydrogen (secondary N) is 1. The summed E-state index contributed by atoms with van der Waals surface area (Å²) in [5.74, 6) is 0. The first-order valence-electron chi connectivity index (χ1n) is 7.96. The van der Waals surface area contributed by atoms with Gasteiger partial charge in [-0.05, 0) is 58.2 Å². The van der Waals surface area contributed by atoms with E-state index in [0.717, 1.165) is 6.54 Å². The molecule has 4 heteroatoms. The molecular weight excluding hydrogens is 276 g/mol. The summed E-state index contributed by atoms with van der Waals surface area (Å²) in [6.45, 7) is 14.2. The van der Waals surface area contributed by atoms with E-state index in [9.17, 15) is 4.79 Å². The molecule has 1 atom stereocenters. The van der Waals surface area contributed by atoms with Crippen LogP contribution in [0.2, 0.25) is 0 Å². The second-order valence-electron chi connectivity index (χ2n) is 7.25. The van der Waals surface area contributed by atoms with Gasteiger partial charge in [-0.2, -0.15) is 0 Å². The van der Waals surface area contributed by atoms with Crippen LogP contribution in [0, 0.1) is 20.8 Å². The molecule has 0 radical (unpaired) electrons. The summed E-state index contributed by atoms with van der Waals surface area (Å²) in [4.78, 5) is 14.1. The van der Waals surface area contributed by atoms with Crippen molar-refractivity contribution in [1.82, 2.24) is 10.2 Å². The van der Waals surface area contributed by atoms with Crippen molar-refractivity contribution < 1.29 is 9.53 Å². The minimum Gasteiger partial charge on any atom is -0.444 e. The third-order valence-electron chi connectivity index (χ3n) is 3.91. The third kappa shape index (κ3) is 4.01. The SMILES string of the molecule is Cc1cc(C)c([C@H]2CN(C(=O)OC(C)(C)C)CCN2)c(C)c1. The van der Waals surface area contributed by atoms with Gasteiger partial charge < -0.3 is 15.0 Å². The first-order valence-corrected chi connectivity index (χ1v) is 7.96. The van der Waals surface area contributed by atoms with E-state index in [-0.39, 0.29) is 12.1 Å². The third-order valence-corrected chi connectivity index (χ3v) is 3.91. The molecule has 22 heavy (non-hydrogen) atoms. The number of hydrogen-bond acceptors (Lipinski definition) is 3. The first kappa shape index (κ1) is 16.8. The van der Waals surface area contributed by atoms with E-state index >= 15 is 0 Å². The Morgan fingerprint density at radius 1 is 1.23 bits per heavy atom. The maximum absolute atomic E-state index is 12.3. The molecule has 0 unspecified atom stereocenters. The van der Waals surface area contributed by atoms with Crippen LogP contribution in [0.25, 0.3) is 0 Å². The van der Waals surface area contributed by atoms with Gasteiger partial charge in [0.2, 0.25) is 0 Å². The molecule has 1 aromatic rings. The zero-order chi connectivity index (χ0) is 16.5. The van der Waals surface area contributed by atoms with Crippen molar-refractivity contribution in [2.75, 3.05) is 19.6 Å². The van der Waals surface area contributed by atoms with Crippen LogP contribution in [-0.4, -0.2) is 36.2 Å². The lowest BCUT2D eigenvalue weighted by Gasteiger charge is -2.36. The van der Waals surface area contributed by atoms with Gasteiger partial charge in [0.05, 0.1) is 6.04 Å². The van der Waals surface area contributed by atoms with Crippen molar-refractivity contribution in [3.63, 3.8) is 0 Å². The topological polar surface area (TPSA) is 41.6 Å². The molecule has 0 bridgehead atoms. The molecule has 1 aliphatic rings. The Morgan fingerprint density at radius 2 is 1.82 bits per heavy atom. The van der Waals surface area contributed by atoms with Crippen molar-refractivity contribution >= 4 is 6.09 Å². The number of carbonyl (C=O) groups is 1. The molecule has 0 saturated carbocycles. The molecular formula is C18H28N2O2. The highest BCUT2D eigenvalue weighted by atomic mass is 16.6. The molecule has 0 aromatic heterocycles. The second kappa shape index (κ2) is 6.29. The largest absolute Gasteiger partial charge is 0.444 e. The number of piperazine rings is 1. The molecule has 0 spiro atoms. The van der Waals surface area contributed by atoms with Gasteiger partial charge in [-0.15, -0.1) is 0 Å². The highest BCUT2D eigenvalue weighted by Gasteiger charge is 2.29. The lowest BCUT2D eigenvalue weighted by atomic mass is 9.93. The summed E-state index contributed by atoms with van der Waals surface area (Å²) in [5.41, 5.74) is 4.69. The molecule has 1 aromatic carbocycles. The fourth-order valence-corrected chi connectivity index (χ4v) is 3.18. The van der Waals surface area contributed by atoms with Crippen LogP contribution in [0.15, 0.2) is 12.1 Å². The Balaban J connectivity index is 2.16. The van der Waals surface area contributed by atoms with Crippen LogP contribution in [0.1, 0.15) is 49.1 Å². The minimum atomic E-state index is -0.451. The van der Waals surface area contributed by atoms with E-state index in [1.54, 1.807) is 0 Å². The van der Waals surface area contributed by atoms with E-state index in [4.69, 9.17) is 4.74 Å². The average Bonchev–Trinajstić information content (AvgIpc) is 2.35. The van der Waals surface area contributed by atoms with Crippen molar-refractivity contribution in [1.29, 1.82) is 0 Å². The van der Waals surface area contributed by atoms with Gasteiger partial charge in [-0.3, -0.25) is 0 Å². The molecule has 1 heterocycles. The molecule has 1 aliphatic heterocycles. The fraction of sp³-hybridized carbons (Fsp3) is 0.611. The van der Waals surface area contributed by atoms with E-state index in [1.165, 1.54) is 22.3 Å². The summed E-state index contributed by atoms with van der Waals surface area (Å²) < 4.78 is 5.50. The number of carbonyl (C=O) groups excluding carboxylic acids is 1. The molecule has 122 valence electrons. The fourth-order valence-electron chi connectivity index (χ4n) is 3.18. The van der Waals surface area contributed by atoms with Crippen LogP contribution < -0.4 is 5.32 Å². The molecule has 2 rings (SSSR count). The van der Waals surface area contributed by atoms with Crippen LogP contribution in [0.3, 0.4) is 0 Å². The number of rotatable bonds is 1. The number of amides is 1. The molecule has 4 nitrogen and oxygen atoms in total. The molecule has 0 aliphatic carbocycles. The molecule has 1 fully saturated rings. The van der Waals surface area contributed by atoms with Crippen molar-refractivity contribution in [2.24, 2.45) is 0 Å². The lowest BCUT2D eigenvalue weighted by Crippen LogP contribution is -2.50. The summed E-state index contributed by atoms with van der Waals surface area (Å²) in [6.07, 6.45) is -0.221. The van der Waals surface area contributed by atoms with Crippen molar-refractivity contribution in [3.05, 3.63) is 34.4 Å². The van der Waals surface area contributed by atoms with E-state index in [0.29, 0.717) is 13.1 Å². The predicted octanol–water partition coefficient (Wildman–Crippen LogP) is 3.49. The van der Waals surface area contributed by atoms with Crippen LogP contribution in [-0.2, 0) is 4.74 Å². The molecule has 1 saturated heterocycles. The Labute approximate surface area is 133 Å². The van der Waals surface area contributed by atoms with Crippen LogP contribution in [0.4, 0.5) is 4.79 Å². The Morgan fingerprint density at radius 3 is 2.36 bits per heavy atom. The average molecular weight is 304 g/mol. The number of hydrogen-bond donors (Lipinski definition) is 1. The smallest absolute Gasteiger partial charge is 0.410 e. The zero-order valence-corrected chi connectivity index (χ0v) is 14.6.